The fourth-order valence-electron chi connectivity index (χ4n) is 6.35. The number of carbonyl (C=O) groups excluding carboxylic acids is 2. The maximum absolute atomic E-state index is 12.8. The van der Waals surface area contributed by atoms with Crippen molar-refractivity contribution in [2.24, 2.45) is 29.6 Å². The SMILES string of the molecule is CC1C/C=C/C2C(C(O)/C=C/C(C)(O)C1=O)C(C(Cc1ccccc1)NC=O)C(C)C1(C)OC21.[Ac]. The normalized spacial score (nSPS) is 43.3. The minimum atomic E-state index is -1.65. The summed E-state index contributed by atoms with van der Waals surface area (Å²) in [4.78, 5) is 24.5. The summed E-state index contributed by atoms with van der Waals surface area (Å²) in [6, 6.07) is 9.80. The number of hydrogen-bond acceptors (Lipinski definition) is 5. The average Bonchev–Trinajstić information content (AvgIpc) is 3.51. The number of amides is 1. The zero-order valence-electron chi connectivity index (χ0n) is 21.0. The van der Waals surface area contributed by atoms with Gasteiger partial charge in [0.15, 0.2) is 5.78 Å². The first-order valence-corrected chi connectivity index (χ1v) is 12.3. The second-order valence-electron chi connectivity index (χ2n) is 10.8. The van der Waals surface area contributed by atoms with Crippen molar-refractivity contribution < 1.29 is 68.6 Å². The Kier molecular flexibility index (Phi) is 9.25. The number of ketones is 1. The van der Waals surface area contributed by atoms with Gasteiger partial charge in [0.25, 0.3) is 0 Å². The van der Waals surface area contributed by atoms with Crippen molar-refractivity contribution in [1.29, 1.82) is 0 Å². The predicted octanol–water partition coefficient (Wildman–Crippen LogP) is 2.83. The van der Waals surface area contributed by atoms with E-state index >= 15 is 0 Å². The van der Waals surface area contributed by atoms with Gasteiger partial charge in [0.05, 0.1) is 17.8 Å². The van der Waals surface area contributed by atoms with Gasteiger partial charge >= 0.3 is 0 Å². The van der Waals surface area contributed by atoms with E-state index in [-0.39, 0.29) is 97.2 Å². The summed E-state index contributed by atoms with van der Waals surface area (Å²) in [5, 5.41) is 25.3. The molecule has 35 heavy (non-hydrogen) atoms. The Bertz CT molecular complexity index is 963. The molecule has 6 nitrogen and oxygen atoms in total. The number of benzene rings is 1. The molecule has 1 aromatic carbocycles. The fraction of sp³-hybridized carbons (Fsp3) is 0.571. The molecule has 1 aliphatic heterocycles. The number of hydrogen-bond donors (Lipinski definition) is 3. The fourth-order valence-corrected chi connectivity index (χ4v) is 6.35. The van der Waals surface area contributed by atoms with Crippen LogP contribution in [0, 0.1) is 73.7 Å². The van der Waals surface area contributed by atoms with Gasteiger partial charge in [0, 0.05) is 67.9 Å². The Hall–Kier alpha value is -0.838. The van der Waals surface area contributed by atoms with Crippen molar-refractivity contribution in [2.75, 3.05) is 0 Å². The number of nitrogens with one attached hydrogen (secondary N) is 1. The van der Waals surface area contributed by atoms with Gasteiger partial charge < -0.3 is 20.3 Å². The van der Waals surface area contributed by atoms with Gasteiger partial charge in [-0.15, -0.1) is 0 Å². The predicted molar refractivity (Wildman–Crippen MR) is 130 cm³/mol. The molecule has 0 aromatic heterocycles. The van der Waals surface area contributed by atoms with Crippen molar-refractivity contribution in [2.45, 2.75) is 70.0 Å². The monoisotopic (exact) mass is 694 g/mol. The van der Waals surface area contributed by atoms with E-state index in [2.05, 4.69) is 25.2 Å². The number of carbonyl (C=O) groups is 2. The molecule has 1 heterocycles. The number of fused-ring (bicyclic) bond motifs is 3. The summed E-state index contributed by atoms with van der Waals surface area (Å²) < 4.78 is 6.27. The molecule has 1 radical (unpaired) electrons. The minimum absolute atomic E-state index is 0. The molecular formula is C28H37AcNO5. The van der Waals surface area contributed by atoms with Crippen molar-refractivity contribution in [3.05, 3.63) is 60.2 Å². The van der Waals surface area contributed by atoms with Crippen LogP contribution in [0.5, 0.6) is 0 Å². The van der Waals surface area contributed by atoms with Crippen LogP contribution in [0.25, 0.3) is 0 Å². The number of ether oxygens (including phenoxy) is 1. The summed E-state index contributed by atoms with van der Waals surface area (Å²) in [5.41, 5.74) is -0.889. The van der Waals surface area contributed by atoms with Gasteiger partial charge in [0.2, 0.25) is 6.41 Å². The third kappa shape index (κ3) is 5.70. The van der Waals surface area contributed by atoms with E-state index in [1.54, 1.807) is 6.08 Å². The third-order valence-corrected chi connectivity index (χ3v) is 8.46. The van der Waals surface area contributed by atoms with Crippen LogP contribution in [0.15, 0.2) is 54.6 Å². The molecule has 1 aromatic rings. The van der Waals surface area contributed by atoms with Crippen LogP contribution in [-0.4, -0.2) is 51.9 Å². The molecule has 10 atom stereocenters. The summed E-state index contributed by atoms with van der Waals surface area (Å²) in [5.74, 6) is -0.985. The Balaban J connectivity index is 0.00000342. The van der Waals surface area contributed by atoms with E-state index in [4.69, 9.17) is 4.74 Å². The van der Waals surface area contributed by atoms with Crippen LogP contribution in [0.1, 0.15) is 39.7 Å². The molecule has 1 saturated heterocycles. The largest absolute Gasteiger partial charge is 0.389 e. The first kappa shape index (κ1) is 28.7. The Morgan fingerprint density at radius 1 is 1.20 bits per heavy atom. The van der Waals surface area contributed by atoms with Gasteiger partial charge in [-0.25, -0.2) is 0 Å². The zero-order valence-corrected chi connectivity index (χ0v) is 25.7. The summed E-state index contributed by atoms with van der Waals surface area (Å²) in [6.07, 6.45) is 7.99. The van der Waals surface area contributed by atoms with Crippen LogP contribution in [0.4, 0.5) is 0 Å². The number of epoxide rings is 1. The molecule has 2 aliphatic carbocycles. The van der Waals surface area contributed by atoms with Crippen molar-refractivity contribution in [3.63, 3.8) is 0 Å². The van der Waals surface area contributed by atoms with E-state index < -0.39 is 11.7 Å². The summed E-state index contributed by atoms with van der Waals surface area (Å²) in [6.45, 7) is 7.54. The van der Waals surface area contributed by atoms with Crippen LogP contribution >= 0.6 is 0 Å². The molecule has 1 amide bonds. The number of Topliss-reactive ketones (excluding diaryl/α,β-unsaturated/α-hetero) is 1. The van der Waals surface area contributed by atoms with Crippen LogP contribution in [-0.2, 0) is 20.7 Å². The van der Waals surface area contributed by atoms with E-state index in [9.17, 15) is 19.8 Å². The summed E-state index contributed by atoms with van der Waals surface area (Å²) >= 11 is 0. The second-order valence-corrected chi connectivity index (χ2v) is 10.8. The molecule has 1 saturated carbocycles. The first-order chi connectivity index (χ1) is 16.1. The van der Waals surface area contributed by atoms with Gasteiger partial charge in [-0.3, -0.25) is 9.59 Å². The molecule has 10 unspecified atom stereocenters. The molecule has 0 bridgehead atoms. The first-order valence-electron chi connectivity index (χ1n) is 12.3. The van der Waals surface area contributed by atoms with E-state index in [0.29, 0.717) is 12.8 Å². The van der Waals surface area contributed by atoms with Crippen molar-refractivity contribution >= 4 is 12.2 Å². The van der Waals surface area contributed by atoms with E-state index in [1.165, 1.54) is 13.0 Å². The standard InChI is InChI=1S/C28H37NO5.Ac/c1-17-9-8-12-20-24(22(31)13-14-27(3,33)25(17)32)23(18(2)28(4)26(20)34-28)21(29-16-30)15-19-10-6-5-7-11-19;/h5-8,10-14,16-18,20-24,26,31,33H,9,15H2,1-4H3,(H,29,30);/b12-8+,14-13+;. The van der Waals surface area contributed by atoms with Gasteiger partial charge in [-0.2, -0.15) is 0 Å². The van der Waals surface area contributed by atoms with E-state index in [0.717, 1.165) is 12.0 Å². The quantitative estimate of drug-likeness (QED) is 0.251. The van der Waals surface area contributed by atoms with Gasteiger partial charge in [-0.1, -0.05) is 62.4 Å². The third-order valence-electron chi connectivity index (χ3n) is 8.46. The molecule has 0 spiro atoms. The minimum Gasteiger partial charge on any atom is -0.389 e. The molecule has 3 aliphatic rings. The Morgan fingerprint density at radius 3 is 2.54 bits per heavy atom. The van der Waals surface area contributed by atoms with Crippen LogP contribution in [0.2, 0.25) is 0 Å². The van der Waals surface area contributed by atoms with Crippen LogP contribution in [0.3, 0.4) is 0 Å². The van der Waals surface area contributed by atoms with Crippen LogP contribution < -0.4 is 5.32 Å². The van der Waals surface area contributed by atoms with Crippen molar-refractivity contribution in [3.8, 4) is 0 Å². The average molecular weight is 695 g/mol. The number of allylic oxidation sites excluding steroid dienone is 1. The molecule has 3 N–H and O–H groups in total. The van der Waals surface area contributed by atoms with Gasteiger partial charge in [-0.05, 0) is 50.2 Å². The molecule has 7 heteroatoms. The molecular weight excluding hydrogens is 657 g/mol. The number of rotatable bonds is 5. The summed E-state index contributed by atoms with van der Waals surface area (Å²) in [7, 11) is 0. The maximum atomic E-state index is 12.8. The maximum Gasteiger partial charge on any atom is 0.207 e. The van der Waals surface area contributed by atoms with E-state index in [1.807, 2.05) is 43.3 Å². The number of aliphatic hydroxyl groups is 2. The topological polar surface area (TPSA) is 99.2 Å². The van der Waals surface area contributed by atoms with Crippen molar-refractivity contribution in [1.82, 2.24) is 5.32 Å². The Labute approximate surface area is 244 Å². The zero-order chi connectivity index (χ0) is 24.7. The smallest absolute Gasteiger partial charge is 0.207 e. The second kappa shape index (κ2) is 11.3. The molecule has 4 rings (SSSR count). The Morgan fingerprint density at radius 2 is 1.89 bits per heavy atom. The molecule has 187 valence electrons. The number of aliphatic hydroxyl groups excluding tert-OH is 1. The van der Waals surface area contributed by atoms with Gasteiger partial charge in [0.1, 0.15) is 5.60 Å². The molecule has 2 fully saturated rings.